The summed E-state index contributed by atoms with van der Waals surface area (Å²) in [6.07, 6.45) is -10.5. The van der Waals surface area contributed by atoms with Gasteiger partial charge in [-0.3, -0.25) is 4.79 Å². The normalized spacial score (nSPS) is 19.2. The first kappa shape index (κ1) is 19.5. The summed E-state index contributed by atoms with van der Waals surface area (Å²) in [4.78, 5) is 13.6. The van der Waals surface area contributed by atoms with Crippen LogP contribution >= 0.6 is 0 Å². The van der Waals surface area contributed by atoms with E-state index in [-0.39, 0.29) is 32.4 Å². The highest BCUT2D eigenvalue weighted by molar-refractivity contribution is 5.94. The Kier molecular flexibility index (Phi) is 5.62. The number of carbonyl (C=O) groups is 1. The Bertz CT molecular complexity index is 594. The molecular weight excluding hydrogens is 356 g/mol. The molecule has 1 fully saturated rings. The van der Waals surface area contributed by atoms with Crippen molar-refractivity contribution >= 4 is 5.91 Å². The molecule has 1 unspecified atom stereocenters. The second-order valence-electron chi connectivity index (χ2n) is 5.49. The summed E-state index contributed by atoms with van der Waals surface area (Å²) in [5.41, 5.74) is -3.71. The van der Waals surface area contributed by atoms with E-state index in [2.05, 4.69) is 0 Å². The maximum atomic E-state index is 12.9. The van der Waals surface area contributed by atoms with Crippen molar-refractivity contribution in [2.45, 2.75) is 18.5 Å². The predicted molar refractivity (Wildman–Crippen MR) is 74.0 cm³/mol. The molecule has 25 heavy (non-hydrogen) atoms. The first-order valence-corrected chi connectivity index (χ1v) is 7.21. The van der Waals surface area contributed by atoms with Crippen LogP contribution in [-0.2, 0) is 21.8 Å². The number of alkyl halides is 6. The summed E-state index contributed by atoms with van der Waals surface area (Å²) in [5.74, 6) is -0.916. The van der Waals surface area contributed by atoms with Crippen LogP contribution < -0.4 is 0 Å². The van der Waals surface area contributed by atoms with Crippen LogP contribution in [0.15, 0.2) is 18.2 Å². The van der Waals surface area contributed by atoms with Crippen LogP contribution in [0.2, 0.25) is 0 Å². The largest absolute Gasteiger partial charge is 0.416 e. The van der Waals surface area contributed by atoms with E-state index < -0.39 is 41.1 Å². The number of hydrogen-bond acceptors (Lipinski definition) is 3. The van der Waals surface area contributed by atoms with Crippen LogP contribution in [0.3, 0.4) is 0 Å². The molecule has 0 aliphatic carbocycles. The van der Waals surface area contributed by atoms with E-state index in [1.807, 2.05) is 0 Å². The van der Waals surface area contributed by atoms with Crippen molar-refractivity contribution in [2.24, 2.45) is 0 Å². The van der Waals surface area contributed by atoms with Crippen LogP contribution in [0, 0.1) is 0 Å². The van der Waals surface area contributed by atoms with Crippen LogP contribution in [0.25, 0.3) is 0 Å². The average Bonchev–Trinajstić information content (AvgIpc) is 2.52. The van der Waals surface area contributed by atoms with E-state index in [1.165, 1.54) is 7.11 Å². The highest BCUT2D eigenvalue weighted by Crippen LogP contribution is 2.36. The van der Waals surface area contributed by atoms with Gasteiger partial charge in [-0.2, -0.15) is 26.3 Å². The third kappa shape index (κ3) is 4.85. The van der Waals surface area contributed by atoms with E-state index in [9.17, 15) is 31.1 Å². The van der Waals surface area contributed by atoms with Crippen LogP contribution in [0.4, 0.5) is 26.3 Å². The van der Waals surface area contributed by atoms with Crippen molar-refractivity contribution in [1.29, 1.82) is 0 Å². The number of methoxy groups -OCH3 is 1. The van der Waals surface area contributed by atoms with Gasteiger partial charge in [-0.15, -0.1) is 0 Å². The number of amides is 1. The fourth-order valence-electron chi connectivity index (χ4n) is 2.45. The Morgan fingerprint density at radius 1 is 1.16 bits per heavy atom. The van der Waals surface area contributed by atoms with Crippen LogP contribution in [0.1, 0.15) is 21.5 Å². The molecule has 140 valence electrons. The zero-order valence-electron chi connectivity index (χ0n) is 13.1. The zero-order valence-corrected chi connectivity index (χ0v) is 13.1. The molecule has 0 N–H and O–H groups in total. The number of hydrogen-bond donors (Lipinski definition) is 0. The fraction of sp³-hybridized carbons (Fsp3) is 0.533. The monoisotopic (exact) mass is 371 g/mol. The molecule has 0 bridgehead atoms. The Morgan fingerprint density at radius 3 is 2.20 bits per heavy atom. The molecule has 1 saturated heterocycles. The number of rotatable bonds is 3. The zero-order chi connectivity index (χ0) is 18.8. The van der Waals surface area contributed by atoms with Gasteiger partial charge in [-0.1, -0.05) is 0 Å². The summed E-state index contributed by atoms with van der Waals surface area (Å²) < 4.78 is 87.4. The third-order valence-electron chi connectivity index (χ3n) is 3.61. The summed E-state index contributed by atoms with van der Waals surface area (Å²) in [6, 6.07) is 0.848. The molecule has 1 atom stereocenters. The van der Waals surface area contributed by atoms with Crippen molar-refractivity contribution in [3.63, 3.8) is 0 Å². The lowest BCUT2D eigenvalue weighted by atomic mass is 10.0. The number of nitrogens with zero attached hydrogens (tertiary/aromatic N) is 1. The molecule has 0 aromatic heterocycles. The van der Waals surface area contributed by atoms with Gasteiger partial charge in [-0.05, 0) is 18.2 Å². The van der Waals surface area contributed by atoms with Crippen molar-refractivity contribution < 1.29 is 40.6 Å². The average molecular weight is 371 g/mol. The molecule has 1 aromatic rings. The molecule has 1 heterocycles. The molecule has 0 saturated carbocycles. The molecule has 0 radical (unpaired) electrons. The minimum absolute atomic E-state index is 0.0101. The highest BCUT2D eigenvalue weighted by Gasteiger charge is 2.38. The van der Waals surface area contributed by atoms with Gasteiger partial charge in [0.05, 0.1) is 30.4 Å². The van der Waals surface area contributed by atoms with Gasteiger partial charge in [0.2, 0.25) is 0 Å². The van der Waals surface area contributed by atoms with E-state index >= 15 is 0 Å². The van der Waals surface area contributed by atoms with Crippen molar-refractivity contribution in [3.05, 3.63) is 34.9 Å². The smallest absolute Gasteiger partial charge is 0.382 e. The molecule has 1 aliphatic rings. The van der Waals surface area contributed by atoms with Crippen molar-refractivity contribution in [1.82, 2.24) is 4.90 Å². The number of ether oxygens (including phenoxy) is 2. The third-order valence-corrected chi connectivity index (χ3v) is 3.61. The minimum atomic E-state index is -5.00. The van der Waals surface area contributed by atoms with Crippen LogP contribution in [0.5, 0.6) is 0 Å². The topological polar surface area (TPSA) is 38.8 Å². The summed E-state index contributed by atoms with van der Waals surface area (Å²) in [5, 5.41) is 0. The van der Waals surface area contributed by atoms with E-state index in [0.29, 0.717) is 12.1 Å². The maximum absolute atomic E-state index is 12.9. The summed E-state index contributed by atoms with van der Waals surface area (Å²) >= 11 is 0. The summed E-state index contributed by atoms with van der Waals surface area (Å²) in [6.45, 7) is 0.353. The number of carbonyl (C=O) groups excluding carboxylic acids is 1. The SMILES string of the molecule is COCC1CN(C(=O)c2cc(C(F)(F)F)cc(C(F)(F)F)c2)CCO1. The molecule has 0 spiro atoms. The second kappa shape index (κ2) is 7.20. The van der Waals surface area contributed by atoms with Crippen LogP contribution in [-0.4, -0.2) is 50.3 Å². The molecule has 1 amide bonds. The Morgan fingerprint density at radius 2 is 1.72 bits per heavy atom. The Balaban J connectivity index is 2.35. The van der Waals surface area contributed by atoms with Gasteiger partial charge in [0.15, 0.2) is 0 Å². The predicted octanol–water partition coefficient (Wildman–Crippen LogP) is 3.21. The quantitative estimate of drug-likeness (QED) is 0.766. The highest BCUT2D eigenvalue weighted by atomic mass is 19.4. The van der Waals surface area contributed by atoms with Crippen molar-refractivity contribution in [3.8, 4) is 0 Å². The molecule has 4 nitrogen and oxygen atoms in total. The van der Waals surface area contributed by atoms with Gasteiger partial charge < -0.3 is 14.4 Å². The maximum Gasteiger partial charge on any atom is 0.416 e. The second-order valence-corrected chi connectivity index (χ2v) is 5.49. The number of halogens is 6. The Labute approximate surface area is 139 Å². The molecule has 1 aliphatic heterocycles. The van der Waals surface area contributed by atoms with Crippen molar-refractivity contribution in [2.75, 3.05) is 33.4 Å². The van der Waals surface area contributed by atoms with E-state index in [0.717, 1.165) is 4.90 Å². The molecular formula is C15H15F6NO3. The van der Waals surface area contributed by atoms with Gasteiger partial charge in [0.1, 0.15) is 0 Å². The number of morpholine rings is 1. The summed E-state index contributed by atoms with van der Waals surface area (Å²) in [7, 11) is 1.41. The minimum Gasteiger partial charge on any atom is -0.382 e. The lowest BCUT2D eigenvalue weighted by Gasteiger charge is -2.32. The lowest BCUT2D eigenvalue weighted by Crippen LogP contribution is -2.47. The van der Waals surface area contributed by atoms with Gasteiger partial charge in [-0.25, -0.2) is 0 Å². The first-order chi connectivity index (χ1) is 11.5. The standard InChI is InChI=1S/C15H15F6NO3/c1-24-8-12-7-22(2-3-25-12)13(23)9-4-10(14(16,17)18)6-11(5-9)15(19,20)21/h4-6,12H,2-3,7-8H2,1H3. The molecule has 1 aromatic carbocycles. The Hall–Kier alpha value is -1.81. The van der Waals surface area contributed by atoms with E-state index in [4.69, 9.17) is 9.47 Å². The van der Waals surface area contributed by atoms with Gasteiger partial charge in [0, 0.05) is 25.8 Å². The van der Waals surface area contributed by atoms with Gasteiger partial charge in [0.25, 0.3) is 5.91 Å². The molecule has 10 heteroatoms. The van der Waals surface area contributed by atoms with E-state index in [1.54, 1.807) is 0 Å². The first-order valence-electron chi connectivity index (χ1n) is 7.21. The number of benzene rings is 1. The molecule has 2 rings (SSSR count). The lowest BCUT2D eigenvalue weighted by molar-refractivity contribution is -0.143. The fourth-order valence-corrected chi connectivity index (χ4v) is 2.45. The van der Waals surface area contributed by atoms with Gasteiger partial charge >= 0.3 is 12.4 Å².